The van der Waals surface area contributed by atoms with Gasteiger partial charge in [0.1, 0.15) is 5.82 Å². The van der Waals surface area contributed by atoms with Crippen molar-refractivity contribution in [3.63, 3.8) is 0 Å². The van der Waals surface area contributed by atoms with E-state index in [4.69, 9.17) is 11.6 Å². The van der Waals surface area contributed by atoms with E-state index in [2.05, 4.69) is 9.97 Å². The standard InChI is InChI=1S/C27H19ClFN3O3S/c28-20-14-23-24(17-32(27(23)31-16-20)36(34,35)22-7-2-1-3-8-22)26(33)19-11-13-21(30-15-19)12-10-18-6-4-5-9-25(18)29/h1-9,11,13-17H,10,12H2. The summed E-state index contributed by atoms with van der Waals surface area (Å²) in [6, 6.07) is 19.3. The SMILES string of the molecule is O=C(c1ccc(CCc2ccccc2F)nc1)c1cn(S(=O)(=O)c2ccccc2)c2ncc(Cl)cc12. The van der Waals surface area contributed by atoms with E-state index in [0.717, 1.165) is 3.97 Å². The van der Waals surface area contributed by atoms with Gasteiger partial charge in [-0.3, -0.25) is 9.78 Å². The van der Waals surface area contributed by atoms with Crippen molar-refractivity contribution in [3.8, 4) is 0 Å². The van der Waals surface area contributed by atoms with Crippen molar-refractivity contribution in [1.82, 2.24) is 13.9 Å². The summed E-state index contributed by atoms with van der Waals surface area (Å²) in [5.41, 5.74) is 1.81. The van der Waals surface area contributed by atoms with Crippen LogP contribution in [0.5, 0.6) is 0 Å². The number of pyridine rings is 2. The number of ketones is 1. The molecule has 36 heavy (non-hydrogen) atoms. The molecule has 6 nitrogen and oxygen atoms in total. The van der Waals surface area contributed by atoms with E-state index in [0.29, 0.717) is 29.5 Å². The van der Waals surface area contributed by atoms with Gasteiger partial charge >= 0.3 is 0 Å². The number of fused-ring (bicyclic) bond motifs is 1. The molecule has 0 saturated heterocycles. The molecule has 0 N–H and O–H groups in total. The molecular formula is C27H19ClFN3O3S. The molecule has 180 valence electrons. The maximum absolute atomic E-state index is 13.9. The van der Waals surface area contributed by atoms with Crippen LogP contribution in [0.15, 0.2) is 96.3 Å². The molecule has 5 rings (SSSR count). The molecule has 2 aromatic carbocycles. The van der Waals surface area contributed by atoms with E-state index >= 15 is 0 Å². The molecule has 9 heteroatoms. The Morgan fingerprint density at radius 1 is 0.917 bits per heavy atom. The van der Waals surface area contributed by atoms with E-state index in [1.54, 1.807) is 48.5 Å². The number of halogens is 2. The maximum atomic E-state index is 13.9. The second-order valence-corrected chi connectivity index (χ2v) is 10.4. The van der Waals surface area contributed by atoms with Gasteiger partial charge in [-0.15, -0.1) is 0 Å². The van der Waals surface area contributed by atoms with Crippen LogP contribution in [-0.2, 0) is 22.9 Å². The molecule has 0 aliphatic heterocycles. The quantitative estimate of drug-likeness (QED) is 0.266. The summed E-state index contributed by atoms with van der Waals surface area (Å²) >= 11 is 6.13. The lowest BCUT2D eigenvalue weighted by Gasteiger charge is -2.06. The zero-order chi connectivity index (χ0) is 25.3. The molecule has 0 atom stereocenters. The number of aryl methyl sites for hydroxylation is 2. The minimum Gasteiger partial charge on any atom is -0.288 e. The van der Waals surface area contributed by atoms with Crippen molar-refractivity contribution in [2.45, 2.75) is 17.7 Å². The van der Waals surface area contributed by atoms with Gasteiger partial charge in [0.15, 0.2) is 11.4 Å². The second-order valence-electron chi connectivity index (χ2n) is 8.14. The smallest absolute Gasteiger partial charge is 0.269 e. The van der Waals surface area contributed by atoms with Gasteiger partial charge in [0, 0.05) is 35.2 Å². The molecule has 0 fully saturated rings. The van der Waals surface area contributed by atoms with Crippen LogP contribution in [0.1, 0.15) is 27.2 Å². The first-order valence-corrected chi connectivity index (χ1v) is 12.9. The van der Waals surface area contributed by atoms with Gasteiger partial charge in [-0.2, -0.15) is 0 Å². The predicted molar refractivity (Wildman–Crippen MR) is 135 cm³/mol. The third-order valence-electron chi connectivity index (χ3n) is 5.82. The lowest BCUT2D eigenvalue weighted by Crippen LogP contribution is -2.12. The topological polar surface area (TPSA) is 81.9 Å². The average molecular weight is 520 g/mol. The number of carbonyl (C=O) groups is 1. The first-order valence-electron chi connectivity index (χ1n) is 11.0. The lowest BCUT2D eigenvalue weighted by molar-refractivity contribution is 0.104. The fourth-order valence-corrected chi connectivity index (χ4v) is 5.45. The van der Waals surface area contributed by atoms with Crippen molar-refractivity contribution in [3.05, 3.63) is 125 Å². The monoisotopic (exact) mass is 519 g/mol. The highest BCUT2D eigenvalue weighted by atomic mass is 35.5. The Morgan fingerprint density at radius 3 is 2.39 bits per heavy atom. The zero-order valence-corrected chi connectivity index (χ0v) is 20.4. The van der Waals surface area contributed by atoms with E-state index < -0.39 is 15.8 Å². The van der Waals surface area contributed by atoms with Gasteiger partial charge in [0.25, 0.3) is 10.0 Å². The Kier molecular flexibility index (Phi) is 6.38. The van der Waals surface area contributed by atoms with E-state index in [1.165, 1.54) is 42.9 Å². The van der Waals surface area contributed by atoms with Crippen LogP contribution in [-0.4, -0.2) is 28.1 Å². The van der Waals surface area contributed by atoms with Crippen molar-refractivity contribution >= 4 is 38.4 Å². The summed E-state index contributed by atoms with van der Waals surface area (Å²) in [5, 5.41) is 0.587. The molecule has 0 spiro atoms. The minimum absolute atomic E-state index is 0.0681. The lowest BCUT2D eigenvalue weighted by atomic mass is 10.0. The number of rotatable bonds is 7. The van der Waals surface area contributed by atoms with Gasteiger partial charge < -0.3 is 0 Å². The van der Waals surface area contributed by atoms with Gasteiger partial charge in [-0.25, -0.2) is 21.8 Å². The number of aromatic nitrogens is 3. The fraction of sp³-hybridized carbons (Fsp3) is 0.0741. The minimum atomic E-state index is -4.00. The highest BCUT2D eigenvalue weighted by Crippen LogP contribution is 2.28. The first kappa shape index (κ1) is 23.8. The van der Waals surface area contributed by atoms with Gasteiger partial charge in [0.05, 0.1) is 15.5 Å². The van der Waals surface area contributed by atoms with Crippen LogP contribution in [0.2, 0.25) is 5.02 Å². The molecule has 5 aromatic rings. The summed E-state index contributed by atoms with van der Waals surface area (Å²) in [6.07, 6.45) is 5.02. The Labute approximate surface area is 212 Å². The van der Waals surface area contributed by atoms with E-state index in [9.17, 15) is 17.6 Å². The fourth-order valence-electron chi connectivity index (χ4n) is 3.95. The first-order chi connectivity index (χ1) is 17.3. The molecule has 0 saturated carbocycles. The van der Waals surface area contributed by atoms with Crippen LogP contribution in [0.4, 0.5) is 4.39 Å². The number of carbonyl (C=O) groups excluding carboxylic acids is 1. The Bertz CT molecular complexity index is 1690. The molecule has 0 aliphatic rings. The Morgan fingerprint density at radius 2 is 1.67 bits per heavy atom. The Hall–Kier alpha value is -3.88. The predicted octanol–water partition coefficient (Wildman–Crippen LogP) is 5.48. The van der Waals surface area contributed by atoms with Crippen molar-refractivity contribution in [2.24, 2.45) is 0 Å². The van der Waals surface area contributed by atoms with Crippen LogP contribution in [0.25, 0.3) is 11.0 Å². The summed E-state index contributed by atoms with van der Waals surface area (Å²) in [4.78, 5) is 22.0. The summed E-state index contributed by atoms with van der Waals surface area (Å²) in [7, 11) is -4.00. The molecule has 3 heterocycles. The second kappa shape index (κ2) is 9.64. The van der Waals surface area contributed by atoms with Crippen molar-refractivity contribution < 1.29 is 17.6 Å². The highest BCUT2D eigenvalue weighted by molar-refractivity contribution is 7.90. The van der Waals surface area contributed by atoms with Gasteiger partial charge in [0.2, 0.25) is 0 Å². The molecule has 0 aliphatic carbocycles. The Balaban J connectivity index is 1.48. The summed E-state index contributed by atoms with van der Waals surface area (Å²) in [5.74, 6) is -0.683. The van der Waals surface area contributed by atoms with Crippen LogP contribution in [0.3, 0.4) is 0 Å². The van der Waals surface area contributed by atoms with Crippen LogP contribution >= 0.6 is 11.6 Å². The number of hydrogen-bond acceptors (Lipinski definition) is 5. The van der Waals surface area contributed by atoms with Gasteiger partial charge in [-0.05, 0) is 54.8 Å². The maximum Gasteiger partial charge on any atom is 0.269 e. The molecule has 0 amide bonds. The third-order valence-corrected chi connectivity index (χ3v) is 7.69. The summed E-state index contributed by atoms with van der Waals surface area (Å²) in [6.45, 7) is 0. The molecule has 0 bridgehead atoms. The zero-order valence-electron chi connectivity index (χ0n) is 18.8. The number of hydrogen-bond donors (Lipinski definition) is 0. The summed E-state index contributed by atoms with van der Waals surface area (Å²) < 4.78 is 41.5. The van der Waals surface area contributed by atoms with Crippen LogP contribution < -0.4 is 0 Å². The molecule has 0 radical (unpaired) electrons. The largest absolute Gasteiger partial charge is 0.288 e. The molecular weight excluding hydrogens is 501 g/mol. The van der Waals surface area contributed by atoms with Crippen molar-refractivity contribution in [1.29, 1.82) is 0 Å². The van der Waals surface area contributed by atoms with Crippen molar-refractivity contribution in [2.75, 3.05) is 0 Å². The number of benzene rings is 2. The van der Waals surface area contributed by atoms with E-state index in [-0.39, 0.29) is 32.5 Å². The third kappa shape index (κ3) is 4.53. The number of nitrogens with zero attached hydrogens (tertiary/aromatic N) is 3. The molecule has 0 unspecified atom stereocenters. The highest BCUT2D eigenvalue weighted by Gasteiger charge is 2.25. The molecule has 3 aromatic heterocycles. The average Bonchev–Trinajstić information content (AvgIpc) is 3.28. The normalized spacial score (nSPS) is 11.6. The van der Waals surface area contributed by atoms with Crippen LogP contribution in [0, 0.1) is 5.82 Å². The van der Waals surface area contributed by atoms with Gasteiger partial charge in [-0.1, -0.05) is 48.0 Å². The van der Waals surface area contributed by atoms with E-state index in [1.807, 2.05) is 0 Å².